The van der Waals surface area contributed by atoms with Crippen LogP contribution in [0.2, 0.25) is 0 Å². The number of rotatable bonds is 6. The van der Waals surface area contributed by atoms with Crippen molar-refractivity contribution in [1.82, 2.24) is 0 Å². The zero-order valence-electron chi connectivity index (χ0n) is 36.7. The number of anilines is 2. The lowest BCUT2D eigenvalue weighted by molar-refractivity contribution is 0.660. The van der Waals surface area contributed by atoms with E-state index in [1.807, 2.05) is 0 Å². The summed E-state index contributed by atoms with van der Waals surface area (Å²) in [6.45, 7) is 4.77. The molecule has 0 N–H and O–H groups in total. The number of benzene rings is 9. The lowest BCUT2D eigenvalue weighted by atomic mass is 9.70. The zero-order valence-corrected chi connectivity index (χ0v) is 36.7. The van der Waals surface area contributed by atoms with E-state index < -0.39 is 0 Å². The fourth-order valence-electron chi connectivity index (χ4n) is 12.1. The first-order chi connectivity index (χ1) is 32.0. The lowest BCUT2D eigenvalue weighted by Gasteiger charge is -2.33. The molecule has 65 heavy (non-hydrogen) atoms. The number of nitrogens with zero attached hydrogens (tertiary/aromatic N) is 1. The van der Waals surface area contributed by atoms with E-state index in [-0.39, 0.29) is 10.8 Å². The minimum Gasteiger partial charge on any atom is -0.314 e. The number of hydrogen-bond acceptors (Lipinski definition) is 1. The minimum absolute atomic E-state index is 0.122. The number of fused-ring (bicyclic) bond motifs is 13. The highest BCUT2D eigenvalue weighted by Crippen LogP contribution is 2.64. The van der Waals surface area contributed by atoms with Gasteiger partial charge in [0.05, 0.1) is 11.1 Å². The molecule has 1 nitrogen and oxygen atoms in total. The predicted octanol–water partition coefficient (Wildman–Crippen LogP) is 16.6. The maximum Gasteiger partial charge on any atom is 0.0725 e. The Bertz CT molecular complexity index is 3410. The van der Waals surface area contributed by atoms with Gasteiger partial charge in [0.15, 0.2) is 0 Å². The molecule has 0 saturated carbocycles. The van der Waals surface area contributed by atoms with Gasteiger partial charge in [-0.3, -0.25) is 0 Å². The summed E-state index contributed by atoms with van der Waals surface area (Å²) in [5, 5.41) is 0. The highest BCUT2D eigenvalue weighted by atomic mass is 15.2. The topological polar surface area (TPSA) is 3.24 Å². The molecule has 4 aliphatic carbocycles. The Morgan fingerprint density at radius 1 is 0.354 bits per heavy atom. The van der Waals surface area contributed by atoms with Crippen LogP contribution in [-0.4, -0.2) is 0 Å². The molecule has 0 aromatic heterocycles. The van der Waals surface area contributed by atoms with Crippen molar-refractivity contribution < 1.29 is 0 Å². The summed E-state index contributed by atoms with van der Waals surface area (Å²) >= 11 is 0. The van der Waals surface area contributed by atoms with Gasteiger partial charge in [-0.05, 0) is 138 Å². The Kier molecular flexibility index (Phi) is 8.37. The third kappa shape index (κ3) is 5.45. The van der Waals surface area contributed by atoms with Gasteiger partial charge in [-0.15, -0.1) is 0 Å². The van der Waals surface area contributed by atoms with Crippen molar-refractivity contribution >= 4 is 16.9 Å². The highest BCUT2D eigenvalue weighted by molar-refractivity contribution is 5.99. The van der Waals surface area contributed by atoms with E-state index in [0.29, 0.717) is 0 Å². The smallest absolute Gasteiger partial charge is 0.0725 e. The van der Waals surface area contributed by atoms with E-state index in [2.05, 4.69) is 243 Å². The standard InChI is InChI=1S/C64H47N/c1-63(2)55-27-13-9-22-49(55)52-38-37-47(41-60(52)63)65(61-39-34-45(42-18-5-3-6-19-42)40-54(61)43-20-7-4-8-21-43)46-35-32-44(33-36-46)48-26-17-31-59-62(48)53-25-12-16-30-58(53)64(59)56-28-14-10-23-50(56)51-24-11-15-29-57(51)64/h3-32,34-35,37-41H,33,36H2,1-2H3. The second-order valence-electron chi connectivity index (χ2n) is 18.7. The molecule has 9 aromatic carbocycles. The van der Waals surface area contributed by atoms with Crippen molar-refractivity contribution in [3.05, 3.63) is 269 Å². The number of hydrogen-bond donors (Lipinski definition) is 0. The molecule has 0 amide bonds. The average Bonchev–Trinajstić information content (AvgIpc) is 3.93. The number of allylic oxidation sites excluding steroid dienone is 4. The maximum atomic E-state index is 2.57. The van der Waals surface area contributed by atoms with Crippen LogP contribution in [0.1, 0.15) is 65.6 Å². The first-order valence-electron chi connectivity index (χ1n) is 23.1. The van der Waals surface area contributed by atoms with E-state index in [9.17, 15) is 0 Å². The van der Waals surface area contributed by atoms with E-state index in [0.717, 1.165) is 12.8 Å². The molecule has 0 unspecified atom stereocenters. The fraction of sp³-hybridized carbons (Fsp3) is 0.0938. The van der Waals surface area contributed by atoms with Crippen LogP contribution in [0.15, 0.2) is 230 Å². The van der Waals surface area contributed by atoms with Crippen LogP contribution in [0.3, 0.4) is 0 Å². The Morgan fingerprint density at radius 2 is 0.892 bits per heavy atom. The van der Waals surface area contributed by atoms with Crippen LogP contribution in [0.5, 0.6) is 0 Å². The highest BCUT2D eigenvalue weighted by Gasteiger charge is 2.52. The van der Waals surface area contributed by atoms with Gasteiger partial charge in [0.1, 0.15) is 0 Å². The normalized spacial score (nSPS) is 15.2. The molecule has 0 heterocycles. The summed E-state index contributed by atoms with van der Waals surface area (Å²) in [7, 11) is 0. The van der Waals surface area contributed by atoms with Crippen LogP contribution in [0, 0.1) is 0 Å². The molecule has 308 valence electrons. The van der Waals surface area contributed by atoms with Gasteiger partial charge in [0, 0.05) is 22.4 Å². The van der Waals surface area contributed by atoms with Crippen molar-refractivity contribution in [2.75, 3.05) is 4.90 Å². The zero-order chi connectivity index (χ0) is 43.3. The molecular formula is C64H47N. The van der Waals surface area contributed by atoms with Gasteiger partial charge in [0.25, 0.3) is 0 Å². The van der Waals surface area contributed by atoms with Crippen molar-refractivity contribution in [1.29, 1.82) is 0 Å². The molecule has 1 spiro atoms. The second-order valence-corrected chi connectivity index (χ2v) is 18.7. The monoisotopic (exact) mass is 829 g/mol. The molecule has 0 saturated heterocycles. The lowest BCUT2D eigenvalue weighted by Crippen LogP contribution is -2.25. The van der Waals surface area contributed by atoms with E-state index >= 15 is 0 Å². The van der Waals surface area contributed by atoms with E-state index in [4.69, 9.17) is 0 Å². The van der Waals surface area contributed by atoms with Crippen molar-refractivity contribution in [3.63, 3.8) is 0 Å². The van der Waals surface area contributed by atoms with Crippen molar-refractivity contribution in [2.45, 2.75) is 37.5 Å². The first-order valence-corrected chi connectivity index (χ1v) is 23.1. The molecule has 13 rings (SSSR count). The molecule has 1 heteroatoms. The van der Waals surface area contributed by atoms with Crippen LogP contribution >= 0.6 is 0 Å². The Morgan fingerprint density at radius 3 is 1.55 bits per heavy atom. The molecule has 4 aliphatic rings. The molecule has 0 atom stereocenters. The van der Waals surface area contributed by atoms with Gasteiger partial charge in [-0.25, -0.2) is 0 Å². The fourth-order valence-corrected chi connectivity index (χ4v) is 12.1. The van der Waals surface area contributed by atoms with E-state index in [1.54, 1.807) is 0 Å². The average molecular weight is 830 g/mol. The third-order valence-electron chi connectivity index (χ3n) is 15.0. The predicted molar refractivity (Wildman–Crippen MR) is 271 cm³/mol. The molecule has 0 aliphatic heterocycles. The van der Waals surface area contributed by atoms with Crippen LogP contribution in [0.25, 0.3) is 61.2 Å². The third-order valence-corrected chi connectivity index (χ3v) is 15.0. The summed E-state index contributed by atoms with van der Waals surface area (Å²) in [4.78, 5) is 2.57. The quantitative estimate of drug-likeness (QED) is 0.161. The summed E-state index contributed by atoms with van der Waals surface area (Å²) in [5.74, 6) is 0. The van der Waals surface area contributed by atoms with Crippen LogP contribution in [-0.2, 0) is 10.8 Å². The summed E-state index contributed by atoms with van der Waals surface area (Å²) in [6, 6.07) is 79.4. The van der Waals surface area contributed by atoms with Crippen LogP contribution in [0.4, 0.5) is 11.4 Å². The van der Waals surface area contributed by atoms with Crippen LogP contribution < -0.4 is 4.90 Å². The SMILES string of the molecule is CC1(C)c2ccccc2-c2ccc(N(C3=CC=C(c4cccc5c4-c4ccccc4C54c5ccccc5-c5ccccc54)CC3)c3ccc(-c4ccccc4)cc3-c3ccccc3)cc21. The molecule has 9 aromatic rings. The van der Waals surface area contributed by atoms with Crippen molar-refractivity contribution in [3.8, 4) is 55.6 Å². The Hall–Kier alpha value is -7.74. The van der Waals surface area contributed by atoms with Gasteiger partial charge in [-0.2, -0.15) is 0 Å². The van der Waals surface area contributed by atoms with Gasteiger partial charge in [0.2, 0.25) is 0 Å². The second kappa shape index (κ2) is 14.4. The molecular weight excluding hydrogens is 783 g/mol. The largest absolute Gasteiger partial charge is 0.314 e. The summed E-state index contributed by atoms with van der Waals surface area (Å²) in [6.07, 6.45) is 6.66. The van der Waals surface area contributed by atoms with Gasteiger partial charge in [-0.1, -0.05) is 208 Å². The Balaban J connectivity index is 0.995. The first kappa shape index (κ1) is 37.8. The van der Waals surface area contributed by atoms with Gasteiger partial charge >= 0.3 is 0 Å². The molecule has 0 fully saturated rings. The van der Waals surface area contributed by atoms with Crippen molar-refractivity contribution in [2.24, 2.45) is 0 Å². The molecule has 0 bridgehead atoms. The molecule has 0 radical (unpaired) electrons. The Labute approximate surface area is 382 Å². The summed E-state index contributed by atoms with van der Waals surface area (Å²) < 4.78 is 0. The van der Waals surface area contributed by atoms with Gasteiger partial charge < -0.3 is 4.90 Å². The minimum atomic E-state index is -0.358. The van der Waals surface area contributed by atoms with E-state index in [1.165, 1.54) is 117 Å². The summed E-state index contributed by atoms with van der Waals surface area (Å²) in [5.41, 5.74) is 27.1. The maximum absolute atomic E-state index is 2.57.